The van der Waals surface area contributed by atoms with Gasteiger partial charge in [0.2, 0.25) is 0 Å². The predicted octanol–water partition coefficient (Wildman–Crippen LogP) is 2.70. The fourth-order valence-electron chi connectivity index (χ4n) is 2.01. The van der Waals surface area contributed by atoms with Gasteiger partial charge in [-0.3, -0.25) is 0 Å². The van der Waals surface area contributed by atoms with E-state index < -0.39 is 0 Å². The molecule has 0 aliphatic rings. The number of benzene rings is 2. The molecule has 0 saturated heterocycles. The van der Waals surface area contributed by atoms with Crippen LogP contribution in [-0.4, -0.2) is 19.3 Å². The molecule has 2 N–H and O–H groups in total. The second-order valence-corrected chi connectivity index (χ2v) is 4.41. The average Bonchev–Trinajstić information content (AvgIpc) is 2.49. The molecule has 2 aromatic rings. The van der Waals surface area contributed by atoms with Gasteiger partial charge in [-0.25, -0.2) is 0 Å². The molecule has 0 aliphatic carbocycles. The third-order valence-electron chi connectivity index (χ3n) is 3.11. The molecule has 4 nitrogen and oxygen atoms in total. The van der Waals surface area contributed by atoms with Gasteiger partial charge in [-0.2, -0.15) is 0 Å². The SMILES string of the molecule is COc1ccc(OC)c(CNCc2ccccc2O)c1. The Morgan fingerprint density at radius 1 is 0.950 bits per heavy atom. The molecule has 0 atom stereocenters. The Labute approximate surface area is 119 Å². The van der Waals surface area contributed by atoms with Gasteiger partial charge in [-0.1, -0.05) is 18.2 Å². The summed E-state index contributed by atoms with van der Waals surface area (Å²) in [5, 5.41) is 13.0. The van der Waals surface area contributed by atoms with Crippen LogP contribution in [-0.2, 0) is 13.1 Å². The molecule has 0 saturated carbocycles. The Morgan fingerprint density at radius 2 is 1.70 bits per heavy atom. The Morgan fingerprint density at radius 3 is 2.40 bits per heavy atom. The molecule has 0 heterocycles. The molecule has 4 heteroatoms. The smallest absolute Gasteiger partial charge is 0.123 e. The molecule has 0 radical (unpaired) electrons. The first-order valence-electron chi connectivity index (χ1n) is 6.43. The van der Waals surface area contributed by atoms with Crippen LogP contribution in [0.25, 0.3) is 0 Å². The van der Waals surface area contributed by atoms with Gasteiger partial charge in [-0.05, 0) is 24.3 Å². The first-order chi connectivity index (χ1) is 9.74. The van der Waals surface area contributed by atoms with E-state index in [0.29, 0.717) is 18.8 Å². The maximum absolute atomic E-state index is 9.71. The van der Waals surface area contributed by atoms with Crippen molar-refractivity contribution >= 4 is 0 Å². The van der Waals surface area contributed by atoms with Crippen LogP contribution < -0.4 is 14.8 Å². The Balaban J connectivity index is 2.02. The quantitative estimate of drug-likeness (QED) is 0.849. The lowest BCUT2D eigenvalue weighted by atomic mass is 10.1. The maximum Gasteiger partial charge on any atom is 0.123 e. The molecule has 2 rings (SSSR count). The molecule has 0 unspecified atom stereocenters. The van der Waals surface area contributed by atoms with Crippen LogP contribution in [0.15, 0.2) is 42.5 Å². The summed E-state index contributed by atoms with van der Waals surface area (Å²) in [6.45, 7) is 1.22. The van der Waals surface area contributed by atoms with Gasteiger partial charge in [0, 0.05) is 24.2 Å². The monoisotopic (exact) mass is 273 g/mol. The Bertz CT molecular complexity index is 569. The van der Waals surface area contributed by atoms with Gasteiger partial charge >= 0.3 is 0 Å². The van der Waals surface area contributed by atoms with E-state index in [4.69, 9.17) is 9.47 Å². The summed E-state index contributed by atoms with van der Waals surface area (Å²) in [7, 11) is 3.29. The van der Waals surface area contributed by atoms with Gasteiger partial charge in [-0.15, -0.1) is 0 Å². The standard InChI is InChI=1S/C16H19NO3/c1-19-14-7-8-16(20-2)13(9-14)11-17-10-12-5-3-4-6-15(12)18/h3-9,17-18H,10-11H2,1-2H3. The first kappa shape index (κ1) is 14.2. The zero-order valence-corrected chi connectivity index (χ0v) is 11.7. The number of methoxy groups -OCH3 is 2. The van der Waals surface area contributed by atoms with Gasteiger partial charge in [0.15, 0.2) is 0 Å². The number of para-hydroxylation sites is 1. The highest BCUT2D eigenvalue weighted by Gasteiger charge is 2.05. The number of phenolic OH excluding ortho intramolecular Hbond substituents is 1. The minimum absolute atomic E-state index is 0.303. The van der Waals surface area contributed by atoms with Crippen LogP contribution in [0.2, 0.25) is 0 Å². The largest absolute Gasteiger partial charge is 0.508 e. The molecule has 0 amide bonds. The number of hydrogen-bond acceptors (Lipinski definition) is 4. The van der Waals surface area contributed by atoms with Gasteiger partial charge in [0.1, 0.15) is 17.2 Å². The summed E-state index contributed by atoms with van der Waals surface area (Å²) >= 11 is 0. The van der Waals surface area contributed by atoms with Crippen molar-refractivity contribution in [3.8, 4) is 17.2 Å². The fraction of sp³-hybridized carbons (Fsp3) is 0.250. The number of nitrogens with one attached hydrogen (secondary N) is 1. The van der Waals surface area contributed by atoms with E-state index in [1.54, 1.807) is 20.3 Å². The Hall–Kier alpha value is -2.20. The van der Waals surface area contributed by atoms with Crippen molar-refractivity contribution in [2.45, 2.75) is 13.1 Å². The first-order valence-corrected chi connectivity index (χ1v) is 6.43. The summed E-state index contributed by atoms with van der Waals surface area (Å²) in [4.78, 5) is 0. The van der Waals surface area contributed by atoms with Crippen molar-refractivity contribution in [3.63, 3.8) is 0 Å². The van der Waals surface area contributed by atoms with E-state index in [-0.39, 0.29) is 0 Å². The number of phenols is 1. The third-order valence-corrected chi connectivity index (χ3v) is 3.11. The topological polar surface area (TPSA) is 50.7 Å². The lowest BCUT2D eigenvalue weighted by molar-refractivity contribution is 0.397. The summed E-state index contributed by atoms with van der Waals surface area (Å²) in [5.74, 6) is 1.92. The van der Waals surface area contributed by atoms with Crippen molar-refractivity contribution in [2.75, 3.05) is 14.2 Å². The number of rotatable bonds is 6. The molecular formula is C16H19NO3. The minimum atomic E-state index is 0.303. The molecule has 20 heavy (non-hydrogen) atoms. The molecule has 0 aliphatic heterocycles. The second kappa shape index (κ2) is 6.82. The van der Waals surface area contributed by atoms with Crippen LogP contribution in [0.1, 0.15) is 11.1 Å². The van der Waals surface area contributed by atoms with E-state index in [1.165, 1.54) is 0 Å². The highest BCUT2D eigenvalue weighted by molar-refractivity contribution is 5.40. The molecule has 0 aromatic heterocycles. The van der Waals surface area contributed by atoms with Gasteiger partial charge < -0.3 is 19.9 Å². The number of aromatic hydroxyl groups is 1. The average molecular weight is 273 g/mol. The van der Waals surface area contributed by atoms with Gasteiger partial charge in [0.05, 0.1) is 14.2 Å². The number of ether oxygens (including phenoxy) is 2. The van der Waals surface area contributed by atoms with Gasteiger partial charge in [0.25, 0.3) is 0 Å². The molecule has 0 spiro atoms. The normalized spacial score (nSPS) is 10.3. The molecular weight excluding hydrogens is 254 g/mol. The van der Waals surface area contributed by atoms with E-state index in [9.17, 15) is 5.11 Å². The van der Waals surface area contributed by atoms with Crippen LogP contribution in [0, 0.1) is 0 Å². The third kappa shape index (κ3) is 3.42. The summed E-state index contributed by atoms with van der Waals surface area (Å²) < 4.78 is 10.5. The van der Waals surface area contributed by atoms with Crippen LogP contribution in [0.4, 0.5) is 0 Å². The highest BCUT2D eigenvalue weighted by atomic mass is 16.5. The van der Waals surface area contributed by atoms with Crippen LogP contribution in [0.3, 0.4) is 0 Å². The zero-order valence-electron chi connectivity index (χ0n) is 11.7. The van der Waals surface area contributed by atoms with Crippen molar-refractivity contribution < 1.29 is 14.6 Å². The predicted molar refractivity (Wildman–Crippen MR) is 78.2 cm³/mol. The van der Waals surface area contributed by atoms with Crippen LogP contribution >= 0.6 is 0 Å². The van der Waals surface area contributed by atoms with Crippen molar-refractivity contribution in [3.05, 3.63) is 53.6 Å². The van der Waals surface area contributed by atoms with E-state index in [1.807, 2.05) is 36.4 Å². The maximum atomic E-state index is 9.71. The van der Waals surface area contributed by atoms with E-state index in [2.05, 4.69) is 5.32 Å². The second-order valence-electron chi connectivity index (χ2n) is 4.41. The lowest BCUT2D eigenvalue weighted by Gasteiger charge is -2.12. The van der Waals surface area contributed by atoms with E-state index in [0.717, 1.165) is 22.6 Å². The van der Waals surface area contributed by atoms with Crippen molar-refractivity contribution in [1.82, 2.24) is 5.32 Å². The molecule has 0 bridgehead atoms. The van der Waals surface area contributed by atoms with Crippen LogP contribution in [0.5, 0.6) is 17.2 Å². The summed E-state index contributed by atoms with van der Waals surface area (Å²) in [6.07, 6.45) is 0. The summed E-state index contributed by atoms with van der Waals surface area (Å²) in [5.41, 5.74) is 1.89. The molecule has 106 valence electrons. The van der Waals surface area contributed by atoms with Crippen molar-refractivity contribution in [1.29, 1.82) is 0 Å². The zero-order chi connectivity index (χ0) is 14.4. The fourth-order valence-corrected chi connectivity index (χ4v) is 2.01. The molecule has 0 fully saturated rings. The van der Waals surface area contributed by atoms with Crippen molar-refractivity contribution in [2.24, 2.45) is 0 Å². The number of hydrogen-bond donors (Lipinski definition) is 2. The molecule has 2 aromatic carbocycles. The highest BCUT2D eigenvalue weighted by Crippen LogP contribution is 2.24. The summed E-state index contributed by atoms with van der Waals surface area (Å²) in [6, 6.07) is 13.0. The lowest BCUT2D eigenvalue weighted by Crippen LogP contribution is -2.13. The van der Waals surface area contributed by atoms with E-state index >= 15 is 0 Å². The Kier molecular flexibility index (Phi) is 4.85. The minimum Gasteiger partial charge on any atom is -0.508 e.